The maximum atomic E-state index is 11.1. The van der Waals surface area contributed by atoms with Gasteiger partial charge in [0, 0.05) is 26.7 Å². The van der Waals surface area contributed by atoms with E-state index in [1.54, 1.807) is 7.11 Å². The second-order valence-electron chi connectivity index (χ2n) is 2.81. The third-order valence-electron chi connectivity index (χ3n) is 1.51. The quantitative estimate of drug-likeness (QED) is 0.354. The minimum absolute atomic E-state index is 0.105. The van der Waals surface area contributed by atoms with Gasteiger partial charge in [0.1, 0.15) is 0 Å². The summed E-state index contributed by atoms with van der Waals surface area (Å²) >= 11 is 0. The van der Waals surface area contributed by atoms with Gasteiger partial charge in [-0.1, -0.05) is 0 Å². The van der Waals surface area contributed by atoms with Crippen molar-refractivity contribution in [2.75, 3.05) is 39.9 Å². The first kappa shape index (κ1) is 13.7. The lowest BCUT2D eigenvalue weighted by molar-refractivity contribution is -0.120. The average Bonchev–Trinajstić information content (AvgIpc) is 2.17. The third-order valence-corrected chi connectivity index (χ3v) is 1.51. The summed E-state index contributed by atoms with van der Waals surface area (Å²) in [5, 5.41) is 7.89. The fourth-order valence-corrected chi connectivity index (χ4v) is 0.831. The Morgan fingerprint density at radius 1 is 1.20 bits per heavy atom. The number of hydrogen-bond donors (Lipinski definition) is 4. The number of carbonyl (C=O) groups is 2. The number of nitrogens with one attached hydrogen (secondary N) is 3. The second-order valence-corrected chi connectivity index (χ2v) is 2.81. The van der Waals surface area contributed by atoms with Crippen molar-refractivity contribution in [3.63, 3.8) is 0 Å². The molecular formula is C8H18N4O3. The monoisotopic (exact) mass is 218 g/mol. The van der Waals surface area contributed by atoms with Crippen molar-refractivity contribution >= 4 is 11.9 Å². The highest BCUT2D eigenvalue weighted by atomic mass is 16.5. The first-order valence-corrected chi connectivity index (χ1v) is 4.66. The van der Waals surface area contributed by atoms with E-state index >= 15 is 0 Å². The van der Waals surface area contributed by atoms with Gasteiger partial charge in [-0.2, -0.15) is 0 Å². The lowest BCUT2D eigenvalue weighted by atomic mass is 10.5. The highest BCUT2D eigenvalue weighted by Crippen LogP contribution is 1.67. The molecule has 0 aromatic heterocycles. The Hall–Kier alpha value is -1.34. The van der Waals surface area contributed by atoms with Gasteiger partial charge in [0.15, 0.2) is 0 Å². The molecule has 5 N–H and O–H groups in total. The van der Waals surface area contributed by atoms with Gasteiger partial charge in [0.25, 0.3) is 0 Å². The summed E-state index contributed by atoms with van der Waals surface area (Å²) < 4.78 is 4.77. The molecule has 88 valence electrons. The van der Waals surface area contributed by atoms with E-state index in [-0.39, 0.29) is 12.5 Å². The number of rotatable bonds is 8. The number of nitrogens with two attached hydrogens (primary N) is 1. The van der Waals surface area contributed by atoms with Crippen LogP contribution in [0.1, 0.15) is 0 Å². The van der Waals surface area contributed by atoms with Crippen molar-refractivity contribution in [1.82, 2.24) is 16.0 Å². The maximum Gasteiger partial charge on any atom is 0.312 e. The molecule has 0 saturated heterocycles. The number of amides is 3. The second kappa shape index (κ2) is 9.22. The van der Waals surface area contributed by atoms with Crippen LogP contribution in [0.5, 0.6) is 0 Å². The first-order valence-electron chi connectivity index (χ1n) is 4.66. The number of methoxy groups -OCH3 is 1. The molecule has 0 atom stereocenters. The lowest BCUT2D eigenvalue weighted by Gasteiger charge is -2.06. The van der Waals surface area contributed by atoms with Gasteiger partial charge in [-0.05, 0) is 0 Å². The predicted octanol–water partition coefficient (Wildman–Crippen LogP) is -1.99. The Morgan fingerprint density at radius 3 is 2.53 bits per heavy atom. The molecule has 0 fully saturated rings. The number of carbonyl (C=O) groups excluding carboxylic acids is 2. The van der Waals surface area contributed by atoms with Gasteiger partial charge in [0.05, 0.1) is 13.2 Å². The minimum atomic E-state index is -0.568. The van der Waals surface area contributed by atoms with Crippen LogP contribution >= 0.6 is 0 Å². The fraction of sp³-hybridized carbons (Fsp3) is 0.750. The molecule has 0 aromatic rings. The molecule has 0 aromatic carbocycles. The molecule has 0 rings (SSSR count). The van der Waals surface area contributed by atoms with Crippen LogP contribution < -0.4 is 21.7 Å². The smallest absolute Gasteiger partial charge is 0.312 e. The van der Waals surface area contributed by atoms with E-state index in [0.717, 1.165) is 0 Å². The summed E-state index contributed by atoms with van der Waals surface area (Å²) in [4.78, 5) is 21.3. The summed E-state index contributed by atoms with van der Waals surface area (Å²) in [6.45, 7) is 2.11. The molecule has 7 heteroatoms. The van der Waals surface area contributed by atoms with E-state index in [1.165, 1.54) is 0 Å². The van der Waals surface area contributed by atoms with Gasteiger partial charge in [-0.3, -0.25) is 4.79 Å². The number of primary amides is 1. The molecule has 0 aliphatic carbocycles. The molecule has 0 aliphatic heterocycles. The molecule has 0 unspecified atom stereocenters. The number of hydrogen-bond acceptors (Lipinski definition) is 4. The minimum Gasteiger partial charge on any atom is -0.383 e. The average molecular weight is 218 g/mol. The van der Waals surface area contributed by atoms with Crippen molar-refractivity contribution in [3.05, 3.63) is 0 Å². The molecule has 0 aliphatic rings. The van der Waals surface area contributed by atoms with E-state index in [2.05, 4.69) is 16.0 Å². The van der Waals surface area contributed by atoms with E-state index in [1.807, 2.05) is 0 Å². The van der Waals surface area contributed by atoms with Gasteiger partial charge in [0.2, 0.25) is 5.91 Å². The molecule has 0 spiro atoms. The molecule has 0 saturated carbocycles. The van der Waals surface area contributed by atoms with Gasteiger partial charge >= 0.3 is 6.03 Å². The van der Waals surface area contributed by atoms with Crippen LogP contribution in [0.15, 0.2) is 0 Å². The molecule has 3 amide bonds. The van der Waals surface area contributed by atoms with Gasteiger partial charge < -0.3 is 26.4 Å². The Kier molecular flexibility index (Phi) is 8.40. The topological polar surface area (TPSA) is 105 Å². The fourth-order valence-electron chi connectivity index (χ4n) is 0.831. The Morgan fingerprint density at radius 2 is 1.93 bits per heavy atom. The van der Waals surface area contributed by atoms with E-state index < -0.39 is 6.03 Å². The zero-order chi connectivity index (χ0) is 11.5. The third kappa shape index (κ3) is 10.6. The summed E-state index contributed by atoms with van der Waals surface area (Å²) in [7, 11) is 1.57. The number of ether oxygens (including phenoxy) is 1. The van der Waals surface area contributed by atoms with E-state index in [0.29, 0.717) is 26.2 Å². The lowest BCUT2D eigenvalue weighted by Crippen LogP contribution is -2.40. The molecule has 15 heavy (non-hydrogen) atoms. The van der Waals surface area contributed by atoms with Crippen molar-refractivity contribution in [2.45, 2.75) is 0 Å². The molecule has 0 radical (unpaired) electrons. The summed E-state index contributed by atoms with van der Waals surface area (Å²) in [5.74, 6) is -0.105. The predicted molar refractivity (Wildman–Crippen MR) is 55.3 cm³/mol. The Bertz CT molecular complexity index is 198. The van der Waals surface area contributed by atoms with Crippen LogP contribution in [0.3, 0.4) is 0 Å². The first-order chi connectivity index (χ1) is 7.16. The maximum absolute atomic E-state index is 11.1. The SMILES string of the molecule is COCCNC(=O)CNCCNC(N)=O. The van der Waals surface area contributed by atoms with Crippen LogP contribution in [-0.4, -0.2) is 51.8 Å². The van der Waals surface area contributed by atoms with Crippen molar-refractivity contribution in [3.8, 4) is 0 Å². The van der Waals surface area contributed by atoms with Crippen molar-refractivity contribution in [1.29, 1.82) is 0 Å². The highest BCUT2D eigenvalue weighted by Gasteiger charge is 1.98. The highest BCUT2D eigenvalue weighted by molar-refractivity contribution is 5.77. The standard InChI is InChI=1S/C8H18N4O3/c1-15-5-4-11-7(13)6-10-2-3-12-8(9)14/h10H,2-6H2,1H3,(H,11,13)(H3,9,12,14). The van der Waals surface area contributed by atoms with E-state index in [4.69, 9.17) is 10.5 Å². The van der Waals surface area contributed by atoms with Gasteiger partial charge in [-0.15, -0.1) is 0 Å². The zero-order valence-corrected chi connectivity index (χ0v) is 8.84. The summed E-state index contributed by atoms with van der Waals surface area (Å²) in [6, 6.07) is -0.568. The van der Waals surface area contributed by atoms with Crippen LogP contribution in [0.25, 0.3) is 0 Å². The summed E-state index contributed by atoms with van der Waals surface area (Å²) in [5.41, 5.74) is 4.84. The molecule has 0 bridgehead atoms. The molecular weight excluding hydrogens is 200 g/mol. The number of urea groups is 1. The van der Waals surface area contributed by atoms with Crippen LogP contribution in [-0.2, 0) is 9.53 Å². The molecule has 0 heterocycles. The Labute approximate surface area is 88.7 Å². The van der Waals surface area contributed by atoms with Crippen molar-refractivity contribution in [2.24, 2.45) is 5.73 Å². The van der Waals surface area contributed by atoms with Crippen LogP contribution in [0.4, 0.5) is 4.79 Å². The summed E-state index contributed by atoms with van der Waals surface area (Å²) in [6.07, 6.45) is 0. The molecule has 7 nitrogen and oxygen atoms in total. The van der Waals surface area contributed by atoms with Gasteiger partial charge in [-0.25, -0.2) is 4.79 Å². The Balaban J connectivity index is 3.20. The van der Waals surface area contributed by atoms with Crippen LogP contribution in [0, 0.1) is 0 Å². The van der Waals surface area contributed by atoms with Crippen molar-refractivity contribution < 1.29 is 14.3 Å². The van der Waals surface area contributed by atoms with Crippen LogP contribution in [0.2, 0.25) is 0 Å². The van der Waals surface area contributed by atoms with E-state index in [9.17, 15) is 9.59 Å². The normalized spacial score (nSPS) is 9.67. The largest absolute Gasteiger partial charge is 0.383 e. The zero-order valence-electron chi connectivity index (χ0n) is 8.84.